The zero-order valence-electron chi connectivity index (χ0n) is 9.88. The Morgan fingerprint density at radius 2 is 2.29 bits per heavy atom. The topological polar surface area (TPSA) is 42.4 Å². The van der Waals surface area contributed by atoms with Crippen LogP contribution in [0.2, 0.25) is 0 Å². The van der Waals surface area contributed by atoms with Crippen molar-refractivity contribution in [2.45, 2.75) is 26.6 Å². The fourth-order valence-electron chi connectivity index (χ4n) is 1.59. The van der Waals surface area contributed by atoms with E-state index in [1.54, 1.807) is 30.0 Å². The Labute approximate surface area is 105 Å². The molecular weight excluding hydrogens is 234 g/mol. The minimum atomic E-state index is -0.522. The minimum absolute atomic E-state index is 0.493. The van der Waals surface area contributed by atoms with E-state index in [1.807, 2.05) is 25.1 Å². The maximum atomic E-state index is 9.70. The summed E-state index contributed by atoms with van der Waals surface area (Å²) in [4.78, 5) is 5.07. The summed E-state index contributed by atoms with van der Waals surface area (Å²) in [5.74, 6) is 0.735. The van der Waals surface area contributed by atoms with Gasteiger partial charge in [0.1, 0.15) is 12.4 Å². The predicted molar refractivity (Wildman–Crippen MR) is 68.3 cm³/mol. The van der Waals surface area contributed by atoms with Gasteiger partial charge in [-0.05, 0) is 26.0 Å². The van der Waals surface area contributed by atoms with Crippen LogP contribution in [0.3, 0.4) is 0 Å². The summed E-state index contributed by atoms with van der Waals surface area (Å²) in [6.45, 7) is 4.24. The highest BCUT2D eigenvalue weighted by atomic mass is 32.1. The van der Waals surface area contributed by atoms with Gasteiger partial charge in [-0.3, -0.25) is 4.98 Å². The summed E-state index contributed by atoms with van der Waals surface area (Å²) >= 11 is 1.56. The van der Waals surface area contributed by atoms with Gasteiger partial charge < -0.3 is 9.84 Å². The molecule has 0 saturated carbocycles. The van der Waals surface area contributed by atoms with Gasteiger partial charge in [0.2, 0.25) is 0 Å². The fraction of sp³-hybridized carbons (Fsp3) is 0.308. The molecule has 1 N–H and O–H groups in total. The van der Waals surface area contributed by atoms with Crippen LogP contribution in [0, 0.1) is 6.92 Å². The molecule has 0 radical (unpaired) electrons. The molecule has 90 valence electrons. The van der Waals surface area contributed by atoms with Crippen molar-refractivity contribution in [3.05, 3.63) is 45.9 Å². The van der Waals surface area contributed by atoms with Crippen LogP contribution in [0.1, 0.15) is 29.0 Å². The molecule has 2 rings (SSSR count). The van der Waals surface area contributed by atoms with E-state index < -0.39 is 6.10 Å². The van der Waals surface area contributed by atoms with Crippen molar-refractivity contribution in [2.24, 2.45) is 0 Å². The number of aromatic nitrogens is 1. The number of nitrogens with zero attached hydrogens (tertiary/aromatic N) is 1. The first-order valence-corrected chi connectivity index (χ1v) is 6.33. The zero-order valence-corrected chi connectivity index (χ0v) is 10.7. The molecule has 1 aromatic heterocycles. The van der Waals surface area contributed by atoms with E-state index in [0.29, 0.717) is 6.61 Å². The van der Waals surface area contributed by atoms with Gasteiger partial charge >= 0.3 is 0 Å². The fourth-order valence-corrected chi connectivity index (χ4v) is 2.09. The van der Waals surface area contributed by atoms with Crippen LogP contribution in [0.4, 0.5) is 0 Å². The van der Waals surface area contributed by atoms with Crippen LogP contribution in [-0.4, -0.2) is 10.1 Å². The maximum Gasteiger partial charge on any atom is 0.125 e. The number of aliphatic hydroxyl groups is 1. The Morgan fingerprint density at radius 1 is 1.47 bits per heavy atom. The minimum Gasteiger partial charge on any atom is -0.488 e. The molecule has 1 atom stereocenters. The van der Waals surface area contributed by atoms with Crippen molar-refractivity contribution in [1.82, 2.24) is 4.98 Å². The maximum absolute atomic E-state index is 9.70. The van der Waals surface area contributed by atoms with Gasteiger partial charge in [-0.1, -0.05) is 11.6 Å². The number of ether oxygens (including phenoxy) is 1. The molecule has 0 fully saturated rings. The van der Waals surface area contributed by atoms with Crippen LogP contribution < -0.4 is 4.74 Å². The van der Waals surface area contributed by atoms with Crippen molar-refractivity contribution in [3.63, 3.8) is 0 Å². The van der Waals surface area contributed by atoms with E-state index in [1.165, 1.54) is 0 Å². The van der Waals surface area contributed by atoms with E-state index in [0.717, 1.165) is 21.8 Å². The zero-order chi connectivity index (χ0) is 12.3. The van der Waals surface area contributed by atoms with Crippen LogP contribution in [0.15, 0.2) is 29.9 Å². The number of aliphatic hydroxyl groups excluding tert-OH is 1. The van der Waals surface area contributed by atoms with Gasteiger partial charge in [0, 0.05) is 11.8 Å². The number of hydrogen-bond acceptors (Lipinski definition) is 4. The first kappa shape index (κ1) is 12.1. The molecule has 0 unspecified atom stereocenters. The van der Waals surface area contributed by atoms with E-state index >= 15 is 0 Å². The second-order valence-corrected chi connectivity index (χ2v) is 4.94. The highest BCUT2D eigenvalue weighted by molar-refractivity contribution is 7.09. The van der Waals surface area contributed by atoms with E-state index in [4.69, 9.17) is 4.74 Å². The molecule has 0 aliphatic rings. The number of benzene rings is 1. The summed E-state index contributed by atoms with van der Waals surface area (Å²) in [6, 6.07) is 5.83. The lowest BCUT2D eigenvalue weighted by molar-refractivity contribution is 0.190. The summed E-state index contributed by atoms with van der Waals surface area (Å²) < 4.78 is 5.71. The molecule has 0 amide bonds. The Balaban J connectivity index is 2.14. The van der Waals surface area contributed by atoms with Crippen LogP contribution in [-0.2, 0) is 6.61 Å². The van der Waals surface area contributed by atoms with Gasteiger partial charge in [-0.15, -0.1) is 11.3 Å². The highest BCUT2D eigenvalue weighted by Gasteiger charge is 2.09. The molecule has 17 heavy (non-hydrogen) atoms. The lowest BCUT2D eigenvalue weighted by atomic mass is 10.1. The lowest BCUT2D eigenvalue weighted by Crippen LogP contribution is -2.00. The summed E-state index contributed by atoms with van der Waals surface area (Å²) in [7, 11) is 0. The molecular formula is C13H15NO2S. The van der Waals surface area contributed by atoms with Crippen LogP contribution in [0.25, 0.3) is 0 Å². The average Bonchev–Trinajstić information content (AvgIpc) is 2.80. The summed E-state index contributed by atoms with van der Waals surface area (Å²) in [5, 5.41) is 9.70. The van der Waals surface area contributed by atoms with E-state index in [-0.39, 0.29) is 0 Å². The second kappa shape index (κ2) is 5.29. The number of aryl methyl sites for hydroxylation is 1. The first-order chi connectivity index (χ1) is 8.16. The van der Waals surface area contributed by atoms with Crippen molar-refractivity contribution in [1.29, 1.82) is 0 Å². The van der Waals surface area contributed by atoms with Crippen LogP contribution in [0.5, 0.6) is 5.75 Å². The predicted octanol–water partition coefficient (Wildman–Crippen LogP) is 3.08. The van der Waals surface area contributed by atoms with Crippen molar-refractivity contribution < 1.29 is 9.84 Å². The van der Waals surface area contributed by atoms with Crippen molar-refractivity contribution >= 4 is 11.3 Å². The van der Waals surface area contributed by atoms with Crippen molar-refractivity contribution in [2.75, 3.05) is 0 Å². The van der Waals surface area contributed by atoms with E-state index in [9.17, 15) is 5.11 Å². The average molecular weight is 249 g/mol. The molecule has 4 heteroatoms. The SMILES string of the molecule is Cc1ccc(OCc2cncs2)c([C@@H](C)O)c1. The second-order valence-electron chi connectivity index (χ2n) is 3.97. The lowest BCUT2D eigenvalue weighted by Gasteiger charge is -2.13. The van der Waals surface area contributed by atoms with Crippen LogP contribution >= 0.6 is 11.3 Å². The molecule has 0 bridgehead atoms. The molecule has 1 aromatic carbocycles. The van der Waals surface area contributed by atoms with Gasteiger partial charge in [0.05, 0.1) is 16.5 Å². The third-order valence-electron chi connectivity index (χ3n) is 2.47. The number of rotatable bonds is 4. The number of thiazole rings is 1. The monoisotopic (exact) mass is 249 g/mol. The molecule has 0 spiro atoms. The Bertz CT molecular complexity index is 480. The molecule has 2 aromatic rings. The Hall–Kier alpha value is -1.39. The highest BCUT2D eigenvalue weighted by Crippen LogP contribution is 2.27. The molecule has 0 saturated heterocycles. The Morgan fingerprint density at radius 3 is 2.94 bits per heavy atom. The van der Waals surface area contributed by atoms with Gasteiger partial charge in [-0.2, -0.15) is 0 Å². The normalized spacial score (nSPS) is 12.4. The summed E-state index contributed by atoms with van der Waals surface area (Å²) in [6.07, 6.45) is 1.27. The van der Waals surface area contributed by atoms with Gasteiger partial charge in [0.15, 0.2) is 0 Å². The standard InChI is InChI=1S/C13H15NO2S/c1-9-3-4-13(12(5-9)10(2)15)16-7-11-6-14-8-17-11/h3-6,8,10,15H,7H2,1-2H3/t10-/m1/s1. The molecule has 0 aliphatic heterocycles. The quantitative estimate of drug-likeness (QED) is 0.905. The Kier molecular flexibility index (Phi) is 3.76. The third-order valence-corrected chi connectivity index (χ3v) is 3.22. The molecule has 0 aliphatic carbocycles. The van der Waals surface area contributed by atoms with Gasteiger partial charge in [0.25, 0.3) is 0 Å². The van der Waals surface area contributed by atoms with Gasteiger partial charge in [-0.25, -0.2) is 0 Å². The number of hydrogen-bond donors (Lipinski definition) is 1. The summed E-state index contributed by atoms with van der Waals surface area (Å²) in [5.41, 5.74) is 3.73. The largest absolute Gasteiger partial charge is 0.488 e. The smallest absolute Gasteiger partial charge is 0.125 e. The third kappa shape index (κ3) is 3.05. The molecule has 1 heterocycles. The first-order valence-electron chi connectivity index (χ1n) is 5.45. The molecule has 3 nitrogen and oxygen atoms in total. The van der Waals surface area contributed by atoms with Crippen molar-refractivity contribution in [3.8, 4) is 5.75 Å². The van der Waals surface area contributed by atoms with E-state index in [2.05, 4.69) is 4.98 Å².